The molecule has 2 atom stereocenters. The zero-order valence-corrected chi connectivity index (χ0v) is 22.6. The molecule has 0 amide bonds. The number of aromatic hydroxyl groups is 1. The highest BCUT2D eigenvalue weighted by atomic mass is 16.5. The van der Waals surface area contributed by atoms with E-state index in [2.05, 4.69) is 5.32 Å². The molecule has 202 valence electrons. The first kappa shape index (κ1) is 27.1. The molecule has 0 saturated carbocycles. The average molecular weight is 522 g/mol. The third-order valence-electron chi connectivity index (χ3n) is 7.19. The van der Waals surface area contributed by atoms with Crippen LogP contribution in [0.25, 0.3) is 0 Å². The van der Waals surface area contributed by atoms with Crippen LogP contribution < -0.4 is 19.5 Å². The highest BCUT2D eigenvalue weighted by Crippen LogP contribution is 2.47. The van der Waals surface area contributed by atoms with E-state index >= 15 is 0 Å². The fraction of sp³-hybridized carbons (Fsp3) is 0.400. The van der Waals surface area contributed by atoms with Crippen molar-refractivity contribution < 1.29 is 33.6 Å². The molecule has 1 heterocycles. The maximum Gasteiger partial charge on any atom is 0.336 e. The number of hydrogen-bond acceptors (Lipinski definition) is 8. The van der Waals surface area contributed by atoms with Gasteiger partial charge in [-0.1, -0.05) is 25.5 Å². The molecule has 0 bridgehead atoms. The molecular weight excluding hydrogens is 486 g/mol. The van der Waals surface area contributed by atoms with Gasteiger partial charge >= 0.3 is 5.97 Å². The molecule has 2 N–H and O–H groups in total. The van der Waals surface area contributed by atoms with Gasteiger partial charge < -0.3 is 29.4 Å². The summed E-state index contributed by atoms with van der Waals surface area (Å²) in [5.74, 6) is 0.199. The van der Waals surface area contributed by atoms with Crippen molar-refractivity contribution in [1.29, 1.82) is 0 Å². The minimum atomic E-state index is -0.670. The Morgan fingerprint density at radius 2 is 1.66 bits per heavy atom. The number of methoxy groups -OCH3 is 3. The lowest BCUT2D eigenvalue weighted by molar-refractivity contribution is -0.139. The molecule has 0 fully saturated rings. The summed E-state index contributed by atoms with van der Waals surface area (Å²) < 4.78 is 21.6. The van der Waals surface area contributed by atoms with Crippen molar-refractivity contribution >= 4 is 11.8 Å². The van der Waals surface area contributed by atoms with Gasteiger partial charge in [0.25, 0.3) is 0 Å². The molecule has 8 nitrogen and oxygen atoms in total. The van der Waals surface area contributed by atoms with Crippen LogP contribution in [0, 0.1) is 0 Å². The van der Waals surface area contributed by atoms with Crippen molar-refractivity contribution in [2.45, 2.75) is 51.4 Å². The molecule has 1 aliphatic carbocycles. The van der Waals surface area contributed by atoms with E-state index in [1.54, 1.807) is 32.4 Å². The van der Waals surface area contributed by atoms with Gasteiger partial charge in [-0.25, -0.2) is 4.79 Å². The second kappa shape index (κ2) is 11.6. The van der Waals surface area contributed by atoms with E-state index < -0.39 is 11.9 Å². The number of dihydropyridines is 1. The molecule has 0 aromatic heterocycles. The number of nitrogens with one attached hydrogen (secondary N) is 1. The van der Waals surface area contributed by atoms with E-state index in [9.17, 15) is 14.7 Å². The van der Waals surface area contributed by atoms with Crippen LogP contribution >= 0.6 is 0 Å². The fourth-order valence-electron chi connectivity index (χ4n) is 5.26. The van der Waals surface area contributed by atoms with Gasteiger partial charge in [0.2, 0.25) is 0 Å². The highest BCUT2D eigenvalue weighted by molar-refractivity contribution is 6.04. The Labute approximate surface area is 223 Å². The third-order valence-corrected chi connectivity index (χ3v) is 7.19. The number of carbonyl (C=O) groups excluding carboxylic acids is 2. The minimum absolute atomic E-state index is 0.0616. The van der Waals surface area contributed by atoms with Crippen LogP contribution in [0.1, 0.15) is 62.5 Å². The van der Waals surface area contributed by atoms with Crippen molar-refractivity contribution in [2.75, 3.05) is 27.9 Å². The summed E-state index contributed by atoms with van der Waals surface area (Å²) >= 11 is 0. The zero-order valence-electron chi connectivity index (χ0n) is 22.6. The summed E-state index contributed by atoms with van der Waals surface area (Å²) in [4.78, 5) is 27.1. The molecule has 4 rings (SSSR count). The number of esters is 1. The molecule has 2 aromatic carbocycles. The number of unbranched alkanes of at least 4 members (excludes halogenated alkanes) is 1. The predicted octanol–water partition coefficient (Wildman–Crippen LogP) is 5.12. The fourth-order valence-corrected chi connectivity index (χ4v) is 5.26. The van der Waals surface area contributed by atoms with Crippen LogP contribution in [-0.4, -0.2) is 44.8 Å². The maximum atomic E-state index is 13.8. The average Bonchev–Trinajstić information content (AvgIpc) is 2.91. The minimum Gasteiger partial charge on any atom is -0.504 e. The lowest BCUT2D eigenvalue weighted by atomic mass is 9.71. The molecule has 0 unspecified atom stereocenters. The monoisotopic (exact) mass is 521 g/mol. The van der Waals surface area contributed by atoms with Crippen molar-refractivity contribution in [3.63, 3.8) is 0 Å². The number of hydrogen-bond donors (Lipinski definition) is 2. The Balaban J connectivity index is 1.76. The summed E-state index contributed by atoms with van der Waals surface area (Å²) in [5.41, 5.74) is 3.89. The Morgan fingerprint density at radius 3 is 2.32 bits per heavy atom. The standard InChI is InChI=1S/C30H35NO7/c1-6-7-12-38-30(34)27-17(2)31-21-13-20(18-8-11-25(36-4)26(16-18)37-5)15-23(33)29(21)28(27)19-9-10-24(35-3)22(32)14-19/h8-11,14,16,20,28,31-32H,6-7,12-13,15H2,1-5H3/t20-,28+/m0/s1. The third kappa shape index (κ3) is 5.21. The first-order valence-corrected chi connectivity index (χ1v) is 12.8. The lowest BCUT2D eigenvalue weighted by Crippen LogP contribution is -2.36. The first-order valence-electron chi connectivity index (χ1n) is 12.8. The maximum absolute atomic E-state index is 13.8. The predicted molar refractivity (Wildman–Crippen MR) is 143 cm³/mol. The van der Waals surface area contributed by atoms with E-state index in [-0.39, 0.29) is 23.9 Å². The molecule has 0 saturated heterocycles. The van der Waals surface area contributed by atoms with Crippen LogP contribution in [-0.2, 0) is 14.3 Å². The van der Waals surface area contributed by atoms with Gasteiger partial charge in [-0.3, -0.25) is 4.79 Å². The molecule has 1 aliphatic heterocycles. The van der Waals surface area contributed by atoms with Crippen molar-refractivity contribution in [3.05, 3.63) is 70.1 Å². The Bertz CT molecular complexity index is 1290. The van der Waals surface area contributed by atoms with Crippen LogP contribution in [0.2, 0.25) is 0 Å². The number of rotatable bonds is 9. The van der Waals surface area contributed by atoms with E-state index in [4.69, 9.17) is 18.9 Å². The lowest BCUT2D eigenvalue weighted by Gasteiger charge is -2.37. The van der Waals surface area contributed by atoms with E-state index in [1.165, 1.54) is 7.11 Å². The van der Waals surface area contributed by atoms with Crippen molar-refractivity contribution in [1.82, 2.24) is 5.32 Å². The molecule has 0 radical (unpaired) electrons. The van der Waals surface area contributed by atoms with E-state index in [1.807, 2.05) is 32.0 Å². The molecule has 8 heteroatoms. The van der Waals surface area contributed by atoms with Crippen LogP contribution in [0.4, 0.5) is 0 Å². The number of ether oxygens (including phenoxy) is 4. The van der Waals surface area contributed by atoms with E-state index in [0.29, 0.717) is 52.7 Å². The zero-order chi connectivity index (χ0) is 27.4. The van der Waals surface area contributed by atoms with Crippen LogP contribution in [0.15, 0.2) is 58.9 Å². The summed E-state index contributed by atoms with van der Waals surface area (Å²) in [7, 11) is 4.64. The smallest absolute Gasteiger partial charge is 0.336 e. The first-order chi connectivity index (χ1) is 18.3. The highest BCUT2D eigenvalue weighted by Gasteiger charge is 2.41. The normalized spacial score (nSPS) is 19.0. The van der Waals surface area contributed by atoms with Gasteiger partial charge in [-0.05, 0) is 61.1 Å². The summed E-state index contributed by atoms with van der Waals surface area (Å²) in [6, 6.07) is 10.7. The quantitative estimate of drug-likeness (QED) is 0.346. The molecule has 2 aliphatic rings. The van der Waals surface area contributed by atoms with Crippen molar-refractivity contribution in [2.24, 2.45) is 0 Å². The van der Waals surface area contributed by atoms with Crippen molar-refractivity contribution in [3.8, 4) is 23.0 Å². The number of phenols is 1. The Kier molecular flexibility index (Phi) is 8.29. The second-order valence-electron chi connectivity index (χ2n) is 9.55. The molecule has 2 aromatic rings. The molecule has 38 heavy (non-hydrogen) atoms. The number of carbonyl (C=O) groups is 2. The summed E-state index contributed by atoms with van der Waals surface area (Å²) in [5, 5.41) is 13.9. The van der Waals surface area contributed by atoms with Gasteiger partial charge in [0.1, 0.15) is 0 Å². The van der Waals surface area contributed by atoms with Gasteiger partial charge in [-0.2, -0.15) is 0 Å². The topological polar surface area (TPSA) is 103 Å². The van der Waals surface area contributed by atoms with Gasteiger partial charge in [0.05, 0.1) is 33.5 Å². The second-order valence-corrected chi connectivity index (χ2v) is 9.55. The van der Waals surface area contributed by atoms with Gasteiger partial charge in [0, 0.05) is 29.3 Å². The van der Waals surface area contributed by atoms with Crippen LogP contribution in [0.5, 0.6) is 23.0 Å². The van der Waals surface area contributed by atoms with Gasteiger partial charge in [0.15, 0.2) is 28.8 Å². The number of allylic oxidation sites excluding steroid dienone is 3. The summed E-state index contributed by atoms with van der Waals surface area (Å²) in [6.07, 6.45) is 2.49. The number of ketones is 1. The Hall–Kier alpha value is -3.94. The largest absolute Gasteiger partial charge is 0.504 e. The molecule has 0 spiro atoms. The summed E-state index contributed by atoms with van der Waals surface area (Å²) in [6.45, 7) is 4.14. The number of phenolic OH excluding ortho intramolecular Hbond substituents is 1. The number of Topliss-reactive ketones (excluding diaryl/α,β-unsaturated/α-hetero) is 1. The van der Waals surface area contributed by atoms with E-state index in [0.717, 1.165) is 24.1 Å². The van der Waals surface area contributed by atoms with Gasteiger partial charge in [-0.15, -0.1) is 0 Å². The Morgan fingerprint density at radius 1 is 0.974 bits per heavy atom. The SMILES string of the molecule is CCCCOC(=O)C1=C(C)NC2=C(C(=O)C[C@@H](c3ccc(OC)c(OC)c3)C2)[C@@H]1c1ccc(OC)c(O)c1. The van der Waals surface area contributed by atoms with Crippen LogP contribution in [0.3, 0.4) is 0 Å². The number of benzene rings is 2. The molecular formula is C30H35NO7.